The molecule has 0 aliphatic carbocycles. The van der Waals surface area contributed by atoms with Gasteiger partial charge in [-0.3, -0.25) is 24.6 Å². The first-order valence-corrected chi connectivity index (χ1v) is 17.6. The molecule has 3 aliphatic heterocycles. The molecule has 3 amide bonds. The van der Waals surface area contributed by atoms with Crippen LogP contribution < -0.4 is 25.2 Å². The summed E-state index contributed by atoms with van der Waals surface area (Å²) in [6, 6.07) is 3.66. The molecule has 1 aromatic carbocycles. The Labute approximate surface area is 277 Å². The molecule has 0 saturated carbocycles. The van der Waals surface area contributed by atoms with Gasteiger partial charge in [0.2, 0.25) is 21.9 Å². The van der Waals surface area contributed by atoms with Crippen LogP contribution in [0.3, 0.4) is 0 Å². The Morgan fingerprint density at radius 2 is 1.75 bits per heavy atom. The molecular formula is C30H40F2N10O5S. The van der Waals surface area contributed by atoms with Gasteiger partial charge in [-0.2, -0.15) is 13.9 Å². The van der Waals surface area contributed by atoms with E-state index in [4.69, 9.17) is 0 Å². The third-order valence-corrected chi connectivity index (χ3v) is 11.0. The Kier molecular flexibility index (Phi) is 9.93. The van der Waals surface area contributed by atoms with E-state index in [-0.39, 0.29) is 42.4 Å². The standard InChI is InChI=1S/C30H40F2N10O5S/c1-20-16-23-25(38(2)37-27(23)42-10-6-26(43)36-30(42)44)17-24(20)40-13-11-39(12-14-40)7-3-15-48(45,46)41-8-4-21(5-9-41)35-29-33-18-22(19-34-29)47-28(31)32/h16-19,21,28H,3-15H2,1-2H3,(H,33,34,35)(H,36,43,44). The van der Waals surface area contributed by atoms with Crippen LogP contribution in [0.5, 0.6) is 5.75 Å². The van der Waals surface area contributed by atoms with Crippen molar-refractivity contribution in [3.8, 4) is 5.75 Å². The van der Waals surface area contributed by atoms with Crippen molar-refractivity contribution in [2.45, 2.75) is 45.3 Å². The highest BCUT2D eigenvalue weighted by molar-refractivity contribution is 7.89. The Hall–Kier alpha value is -4.16. The van der Waals surface area contributed by atoms with Gasteiger partial charge in [-0.05, 0) is 50.4 Å². The summed E-state index contributed by atoms with van der Waals surface area (Å²) in [7, 11) is -1.55. The molecule has 0 unspecified atom stereocenters. The first-order valence-electron chi connectivity index (χ1n) is 16.0. The zero-order valence-electron chi connectivity index (χ0n) is 26.9. The summed E-state index contributed by atoms with van der Waals surface area (Å²) in [5, 5.41) is 11.0. The van der Waals surface area contributed by atoms with E-state index in [1.165, 1.54) is 17.3 Å². The van der Waals surface area contributed by atoms with E-state index in [2.05, 4.69) is 46.3 Å². The van der Waals surface area contributed by atoms with Crippen molar-refractivity contribution in [2.75, 3.05) is 73.2 Å². The van der Waals surface area contributed by atoms with Crippen molar-refractivity contribution in [2.24, 2.45) is 7.05 Å². The monoisotopic (exact) mass is 690 g/mol. The molecule has 5 heterocycles. The van der Waals surface area contributed by atoms with Crippen LogP contribution in [-0.4, -0.2) is 120 Å². The number of halogens is 2. The zero-order valence-corrected chi connectivity index (χ0v) is 27.8. The van der Waals surface area contributed by atoms with Gasteiger partial charge in [-0.25, -0.2) is 27.5 Å². The molecular weight excluding hydrogens is 650 g/mol. The number of aryl methyl sites for hydroxylation is 2. The number of ether oxygens (including phenoxy) is 1. The molecule has 6 rings (SSSR count). The van der Waals surface area contributed by atoms with E-state index in [1.807, 2.05) is 20.0 Å². The number of nitrogens with one attached hydrogen (secondary N) is 2. The Bertz CT molecular complexity index is 1740. The minimum atomic E-state index is -3.40. The highest BCUT2D eigenvalue weighted by Gasteiger charge is 2.30. The summed E-state index contributed by atoms with van der Waals surface area (Å²) in [5.74, 6) is 0.491. The van der Waals surface area contributed by atoms with Gasteiger partial charge in [0.15, 0.2) is 11.6 Å². The number of imide groups is 1. The van der Waals surface area contributed by atoms with Crippen molar-refractivity contribution in [3.05, 3.63) is 30.1 Å². The molecule has 3 fully saturated rings. The summed E-state index contributed by atoms with van der Waals surface area (Å²) in [6.07, 6.45) is 4.28. The molecule has 0 spiro atoms. The van der Waals surface area contributed by atoms with E-state index in [9.17, 15) is 26.8 Å². The lowest BCUT2D eigenvalue weighted by Gasteiger charge is -2.37. The highest BCUT2D eigenvalue weighted by Crippen LogP contribution is 2.33. The average molecular weight is 691 g/mol. The predicted molar refractivity (Wildman–Crippen MR) is 175 cm³/mol. The molecule has 18 heteroatoms. The maximum Gasteiger partial charge on any atom is 0.387 e. The summed E-state index contributed by atoms with van der Waals surface area (Å²) < 4.78 is 58.4. The number of piperazine rings is 1. The number of alkyl halides is 2. The fourth-order valence-corrected chi connectivity index (χ4v) is 8.04. The molecule has 48 heavy (non-hydrogen) atoms. The van der Waals surface area contributed by atoms with Crippen molar-refractivity contribution in [1.82, 2.24) is 34.3 Å². The Morgan fingerprint density at radius 1 is 1.04 bits per heavy atom. The predicted octanol–water partition coefficient (Wildman–Crippen LogP) is 2.14. The quantitative estimate of drug-likeness (QED) is 0.304. The number of carbonyl (C=O) groups is 2. The second-order valence-corrected chi connectivity index (χ2v) is 14.4. The number of piperidine rings is 1. The number of nitrogens with zero attached hydrogens (tertiary/aromatic N) is 8. The molecule has 3 aliphatic rings. The number of rotatable bonds is 11. The third kappa shape index (κ3) is 7.60. The lowest BCUT2D eigenvalue weighted by molar-refractivity contribution is -0.120. The van der Waals surface area contributed by atoms with Crippen LogP contribution in [0.1, 0.15) is 31.2 Å². The van der Waals surface area contributed by atoms with E-state index in [0.717, 1.165) is 48.3 Å². The topological polar surface area (TPSA) is 158 Å². The largest absolute Gasteiger partial charge is 0.432 e. The zero-order chi connectivity index (χ0) is 34.0. The van der Waals surface area contributed by atoms with Gasteiger partial charge in [0.1, 0.15) is 0 Å². The van der Waals surface area contributed by atoms with Gasteiger partial charge in [-0.15, -0.1) is 0 Å². The van der Waals surface area contributed by atoms with Crippen molar-refractivity contribution in [1.29, 1.82) is 0 Å². The highest BCUT2D eigenvalue weighted by atomic mass is 32.2. The number of aromatic nitrogens is 4. The number of fused-ring (bicyclic) bond motifs is 1. The van der Waals surface area contributed by atoms with E-state index < -0.39 is 22.7 Å². The first-order chi connectivity index (χ1) is 23.0. The van der Waals surface area contributed by atoms with Crippen LogP contribution in [0.2, 0.25) is 0 Å². The van der Waals surface area contributed by atoms with Crippen LogP contribution in [-0.2, 0) is 21.9 Å². The summed E-state index contributed by atoms with van der Waals surface area (Å²) in [4.78, 5) is 38.2. The van der Waals surface area contributed by atoms with Crippen molar-refractivity contribution < 1.29 is 31.5 Å². The van der Waals surface area contributed by atoms with Gasteiger partial charge in [0.25, 0.3) is 0 Å². The molecule has 260 valence electrons. The second kappa shape index (κ2) is 14.1. The second-order valence-electron chi connectivity index (χ2n) is 12.3. The molecule has 0 bridgehead atoms. The minimum absolute atomic E-state index is 0.0259. The van der Waals surface area contributed by atoms with Gasteiger partial charge in [-0.1, -0.05) is 0 Å². The van der Waals surface area contributed by atoms with Gasteiger partial charge < -0.3 is 15.0 Å². The Balaban J connectivity index is 0.956. The minimum Gasteiger partial charge on any atom is -0.432 e. The number of urea groups is 1. The fraction of sp³-hybridized carbons (Fsp3) is 0.567. The maximum atomic E-state index is 13.1. The number of anilines is 3. The number of hydrogen-bond acceptors (Lipinski definition) is 11. The lowest BCUT2D eigenvalue weighted by atomic mass is 10.1. The number of amides is 3. The molecule has 0 radical (unpaired) electrons. The molecule has 2 aromatic heterocycles. The molecule has 15 nitrogen and oxygen atoms in total. The third-order valence-electron chi connectivity index (χ3n) is 9.08. The number of carbonyl (C=O) groups excluding carboxylic acids is 2. The Morgan fingerprint density at radius 3 is 2.42 bits per heavy atom. The van der Waals surface area contributed by atoms with Crippen molar-refractivity contribution >= 4 is 50.3 Å². The van der Waals surface area contributed by atoms with Crippen LogP contribution in [0.25, 0.3) is 10.9 Å². The van der Waals surface area contributed by atoms with Gasteiger partial charge >= 0.3 is 12.6 Å². The smallest absolute Gasteiger partial charge is 0.387 e. The van der Waals surface area contributed by atoms with Gasteiger partial charge in [0, 0.05) is 76.4 Å². The van der Waals surface area contributed by atoms with E-state index in [1.54, 1.807) is 8.99 Å². The SMILES string of the molecule is Cc1cc2c(N3CCC(=O)NC3=O)nn(C)c2cc1N1CCN(CCCS(=O)(=O)N2CCC(Nc3ncc(OC(F)F)cn3)CC2)CC1. The van der Waals surface area contributed by atoms with E-state index in [0.29, 0.717) is 44.7 Å². The number of benzene rings is 1. The first kappa shape index (κ1) is 33.7. The number of sulfonamides is 1. The van der Waals surface area contributed by atoms with Crippen molar-refractivity contribution in [3.63, 3.8) is 0 Å². The maximum absolute atomic E-state index is 13.1. The van der Waals surface area contributed by atoms with Gasteiger partial charge in [0.05, 0.1) is 23.7 Å². The fourth-order valence-electron chi connectivity index (χ4n) is 6.52. The average Bonchev–Trinajstić information content (AvgIpc) is 3.36. The van der Waals surface area contributed by atoms with E-state index >= 15 is 0 Å². The molecule has 0 atom stereocenters. The van der Waals surface area contributed by atoms with Crippen LogP contribution in [0.4, 0.5) is 31.0 Å². The van der Waals surface area contributed by atoms with Crippen LogP contribution in [0, 0.1) is 6.92 Å². The number of hydrogen-bond donors (Lipinski definition) is 2. The molecule has 3 aromatic rings. The molecule has 3 saturated heterocycles. The molecule has 2 N–H and O–H groups in total. The summed E-state index contributed by atoms with van der Waals surface area (Å²) in [6.45, 7) is 4.06. The van der Waals surface area contributed by atoms with Crippen LogP contribution >= 0.6 is 0 Å². The van der Waals surface area contributed by atoms with Crippen LogP contribution in [0.15, 0.2) is 24.5 Å². The lowest BCUT2D eigenvalue weighted by Crippen LogP contribution is -2.49. The normalized spacial score (nSPS) is 18.9. The summed E-state index contributed by atoms with van der Waals surface area (Å²) in [5.41, 5.74) is 3.06. The summed E-state index contributed by atoms with van der Waals surface area (Å²) >= 11 is 0.